The fourth-order valence-corrected chi connectivity index (χ4v) is 2.52. The quantitative estimate of drug-likeness (QED) is 0.698. The van der Waals surface area contributed by atoms with Crippen molar-refractivity contribution in [3.63, 3.8) is 0 Å². The van der Waals surface area contributed by atoms with Gasteiger partial charge in [0, 0.05) is 17.8 Å². The highest BCUT2D eigenvalue weighted by atomic mass is 15.1. The highest BCUT2D eigenvalue weighted by Gasteiger charge is 2.15. The molecule has 0 atom stereocenters. The molecule has 5 nitrogen and oxygen atoms in total. The fourth-order valence-electron chi connectivity index (χ4n) is 2.52. The zero-order chi connectivity index (χ0) is 13.0. The average Bonchev–Trinajstić information content (AvgIpc) is 3.02. The minimum atomic E-state index is 0.795. The summed E-state index contributed by atoms with van der Waals surface area (Å²) in [5.74, 6) is 0.795. The number of aromatic amines is 2. The molecular formula is C14H13N5. The molecule has 0 unspecified atom stereocenters. The molecule has 3 heterocycles. The Kier molecular flexibility index (Phi) is 1.95. The Morgan fingerprint density at radius 2 is 2.05 bits per heavy atom. The van der Waals surface area contributed by atoms with Crippen LogP contribution in [-0.2, 0) is 6.42 Å². The molecule has 0 bridgehead atoms. The second-order valence-electron chi connectivity index (χ2n) is 5.04. The van der Waals surface area contributed by atoms with Crippen molar-refractivity contribution < 1.29 is 0 Å². The van der Waals surface area contributed by atoms with Gasteiger partial charge in [0.2, 0.25) is 0 Å². The maximum absolute atomic E-state index is 4.59. The van der Waals surface area contributed by atoms with Gasteiger partial charge in [-0.3, -0.25) is 10.1 Å². The van der Waals surface area contributed by atoms with Crippen molar-refractivity contribution in [1.29, 1.82) is 0 Å². The lowest BCUT2D eigenvalue weighted by atomic mass is 10.1. The number of benzene rings is 1. The topological polar surface area (TPSA) is 69.7 Å². The Hall–Kier alpha value is -2.43. The van der Waals surface area contributed by atoms with Gasteiger partial charge >= 0.3 is 0 Å². The fraction of sp³-hybridized carbons (Fsp3) is 0.214. The van der Waals surface area contributed by atoms with Crippen molar-refractivity contribution >= 4 is 22.4 Å². The highest BCUT2D eigenvalue weighted by molar-refractivity contribution is 5.95. The second kappa shape index (κ2) is 3.54. The monoisotopic (exact) mass is 251 g/mol. The molecule has 0 amide bonds. The molecule has 0 saturated carbocycles. The van der Waals surface area contributed by atoms with E-state index in [1.54, 1.807) is 0 Å². The maximum atomic E-state index is 4.59. The summed E-state index contributed by atoms with van der Waals surface area (Å²) in [5, 5.41) is 7.16. The lowest BCUT2D eigenvalue weighted by Crippen LogP contribution is -1.88. The Labute approximate surface area is 109 Å². The molecular weight excluding hydrogens is 238 g/mol. The maximum Gasteiger partial charge on any atom is 0.159 e. The summed E-state index contributed by atoms with van der Waals surface area (Å²) < 4.78 is 0. The molecule has 1 aliphatic rings. The molecule has 2 aromatic heterocycles. The van der Waals surface area contributed by atoms with Gasteiger partial charge in [-0.25, -0.2) is 4.98 Å². The van der Waals surface area contributed by atoms with Gasteiger partial charge in [0.1, 0.15) is 5.69 Å². The van der Waals surface area contributed by atoms with Gasteiger partial charge in [0.15, 0.2) is 5.82 Å². The first-order valence-corrected chi connectivity index (χ1v) is 6.28. The van der Waals surface area contributed by atoms with E-state index in [0.29, 0.717) is 0 Å². The summed E-state index contributed by atoms with van der Waals surface area (Å²) >= 11 is 0. The molecule has 94 valence electrons. The van der Waals surface area contributed by atoms with Gasteiger partial charge in [0.25, 0.3) is 0 Å². The first-order valence-electron chi connectivity index (χ1n) is 6.28. The lowest BCUT2D eigenvalue weighted by molar-refractivity contribution is 1.04. The highest BCUT2D eigenvalue weighted by Crippen LogP contribution is 2.31. The minimum absolute atomic E-state index is 0.795. The van der Waals surface area contributed by atoms with Crippen LogP contribution in [0.5, 0.6) is 0 Å². The summed E-state index contributed by atoms with van der Waals surface area (Å²) in [5.41, 5.74) is 7.31. The first kappa shape index (κ1) is 10.5. The predicted octanol–water partition coefficient (Wildman–Crippen LogP) is 2.91. The minimum Gasteiger partial charge on any atom is -0.337 e. The smallest absolute Gasteiger partial charge is 0.159 e. The Balaban J connectivity index is 1.88. The summed E-state index contributed by atoms with van der Waals surface area (Å²) in [6, 6.07) is 6.16. The van der Waals surface area contributed by atoms with E-state index in [4.69, 9.17) is 0 Å². The summed E-state index contributed by atoms with van der Waals surface area (Å²) in [6.07, 6.45) is 0.932. The Morgan fingerprint density at radius 1 is 1.16 bits per heavy atom. The van der Waals surface area contributed by atoms with Crippen molar-refractivity contribution in [1.82, 2.24) is 20.2 Å². The third kappa shape index (κ3) is 1.58. The summed E-state index contributed by atoms with van der Waals surface area (Å²) in [6.45, 7) is 4.03. The molecule has 0 fully saturated rings. The van der Waals surface area contributed by atoms with E-state index in [-0.39, 0.29) is 0 Å². The summed E-state index contributed by atoms with van der Waals surface area (Å²) in [7, 11) is 0. The van der Waals surface area contributed by atoms with E-state index in [2.05, 4.69) is 38.1 Å². The number of imidazole rings is 1. The number of aryl methyl sites for hydroxylation is 1. The Morgan fingerprint density at radius 3 is 2.84 bits per heavy atom. The van der Waals surface area contributed by atoms with Crippen LogP contribution in [0.2, 0.25) is 0 Å². The SMILES string of the molecule is CC1=Nc2cc3nc(-c4cc(C)[nH]n4)[nH]c3cc2C1. The molecule has 2 N–H and O–H groups in total. The molecule has 4 rings (SSSR count). The van der Waals surface area contributed by atoms with Crippen LogP contribution >= 0.6 is 0 Å². The van der Waals surface area contributed by atoms with Crippen molar-refractivity contribution in [3.05, 3.63) is 29.5 Å². The van der Waals surface area contributed by atoms with Crippen LogP contribution in [0.15, 0.2) is 23.2 Å². The molecule has 19 heavy (non-hydrogen) atoms. The van der Waals surface area contributed by atoms with Crippen LogP contribution in [-0.4, -0.2) is 25.9 Å². The van der Waals surface area contributed by atoms with E-state index in [0.717, 1.165) is 46.1 Å². The molecule has 5 heteroatoms. The van der Waals surface area contributed by atoms with Gasteiger partial charge in [-0.15, -0.1) is 0 Å². The second-order valence-corrected chi connectivity index (χ2v) is 5.04. The standard InChI is InChI=1S/C14H13N5/c1-7-3-9-5-11-12(6-10(9)15-7)17-14(16-11)13-4-8(2)18-19-13/h4-6H,3H2,1-2H3,(H,16,17)(H,18,19). The van der Waals surface area contributed by atoms with Crippen molar-refractivity contribution in [2.75, 3.05) is 0 Å². The largest absolute Gasteiger partial charge is 0.337 e. The molecule has 1 aliphatic heterocycles. The van der Waals surface area contributed by atoms with E-state index in [1.165, 1.54) is 5.56 Å². The zero-order valence-electron chi connectivity index (χ0n) is 10.8. The number of H-pyrrole nitrogens is 2. The van der Waals surface area contributed by atoms with Gasteiger partial charge in [0.05, 0.1) is 16.7 Å². The normalized spacial score (nSPS) is 13.9. The van der Waals surface area contributed by atoms with E-state index in [9.17, 15) is 0 Å². The third-order valence-corrected chi connectivity index (χ3v) is 3.39. The lowest BCUT2D eigenvalue weighted by Gasteiger charge is -1.95. The van der Waals surface area contributed by atoms with E-state index >= 15 is 0 Å². The number of aliphatic imine (C=N–C) groups is 1. The third-order valence-electron chi connectivity index (χ3n) is 3.39. The number of hydrogen-bond acceptors (Lipinski definition) is 3. The van der Waals surface area contributed by atoms with E-state index < -0.39 is 0 Å². The predicted molar refractivity (Wildman–Crippen MR) is 74.9 cm³/mol. The van der Waals surface area contributed by atoms with Crippen LogP contribution in [0.25, 0.3) is 22.6 Å². The van der Waals surface area contributed by atoms with Crippen molar-refractivity contribution in [3.8, 4) is 11.5 Å². The van der Waals surface area contributed by atoms with Crippen LogP contribution in [0.4, 0.5) is 5.69 Å². The molecule has 0 radical (unpaired) electrons. The number of rotatable bonds is 1. The number of fused-ring (bicyclic) bond motifs is 2. The number of aromatic nitrogens is 4. The number of nitrogens with one attached hydrogen (secondary N) is 2. The zero-order valence-corrected chi connectivity index (χ0v) is 10.8. The van der Waals surface area contributed by atoms with Crippen LogP contribution in [0, 0.1) is 6.92 Å². The van der Waals surface area contributed by atoms with E-state index in [1.807, 2.05) is 19.1 Å². The van der Waals surface area contributed by atoms with Crippen LogP contribution < -0.4 is 0 Å². The first-order chi connectivity index (χ1) is 9.19. The Bertz CT molecular complexity index is 822. The number of nitrogens with zero attached hydrogens (tertiary/aromatic N) is 3. The van der Waals surface area contributed by atoms with Gasteiger partial charge < -0.3 is 4.98 Å². The van der Waals surface area contributed by atoms with Crippen LogP contribution in [0.3, 0.4) is 0 Å². The average molecular weight is 251 g/mol. The van der Waals surface area contributed by atoms with Crippen molar-refractivity contribution in [2.45, 2.75) is 20.3 Å². The molecule has 1 aromatic carbocycles. The van der Waals surface area contributed by atoms with Gasteiger partial charge in [-0.1, -0.05) is 0 Å². The molecule has 0 aliphatic carbocycles. The summed E-state index contributed by atoms with van der Waals surface area (Å²) in [4.78, 5) is 12.4. The van der Waals surface area contributed by atoms with Crippen molar-refractivity contribution in [2.24, 2.45) is 4.99 Å². The van der Waals surface area contributed by atoms with Gasteiger partial charge in [-0.2, -0.15) is 5.10 Å². The molecule has 0 saturated heterocycles. The molecule has 0 spiro atoms. The van der Waals surface area contributed by atoms with Crippen LogP contribution in [0.1, 0.15) is 18.2 Å². The van der Waals surface area contributed by atoms with Gasteiger partial charge in [-0.05, 0) is 37.6 Å². The molecule has 3 aromatic rings. The number of hydrogen-bond donors (Lipinski definition) is 2.